The van der Waals surface area contributed by atoms with Gasteiger partial charge in [-0.2, -0.15) is 0 Å². The molecule has 6 heteroatoms. The van der Waals surface area contributed by atoms with E-state index in [1.165, 1.54) is 4.31 Å². The summed E-state index contributed by atoms with van der Waals surface area (Å²) in [7, 11) is -3.46. The normalized spacial score (nSPS) is 17.5. The Morgan fingerprint density at radius 1 is 1.32 bits per heavy atom. The Morgan fingerprint density at radius 3 is 2.63 bits per heavy atom. The first-order valence-electron chi connectivity index (χ1n) is 6.15. The van der Waals surface area contributed by atoms with Gasteiger partial charge in [0.2, 0.25) is 0 Å². The van der Waals surface area contributed by atoms with Crippen molar-refractivity contribution in [3.63, 3.8) is 0 Å². The summed E-state index contributed by atoms with van der Waals surface area (Å²) in [6.07, 6.45) is 1.13. The van der Waals surface area contributed by atoms with Crippen LogP contribution in [-0.4, -0.2) is 31.0 Å². The van der Waals surface area contributed by atoms with Gasteiger partial charge in [-0.15, -0.1) is 0 Å². The average Bonchev–Trinajstić information content (AvgIpc) is 2.41. The van der Waals surface area contributed by atoms with Crippen molar-refractivity contribution in [3.05, 3.63) is 35.5 Å². The molecule has 1 aromatic rings. The SMILES string of the molecule is CCN1C(CCCO)=C(I)c2ccccc2S1(=O)=O. The van der Waals surface area contributed by atoms with Crippen LogP contribution < -0.4 is 0 Å². The van der Waals surface area contributed by atoms with E-state index in [1.807, 2.05) is 19.1 Å². The van der Waals surface area contributed by atoms with Gasteiger partial charge in [-0.3, -0.25) is 4.31 Å². The van der Waals surface area contributed by atoms with Crippen LogP contribution in [0.15, 0.2) is 34.9 Å². The van der Waals surface area contributed by atoms with Crippen molar-refractivity contribution in [2.75, 3.05) is 13.2 Å². The molecule has 1 aliphatic heterocycles. The van der Waals surface area contributed by atoms with E-state index in [-0.39, 0.29) is 6.61 Å². The van der Waals surface area contributed by atoms with Crippen LogP contribution in [0.4, 0.5) is 0 Å². The second-order valence-corrected chi connectivity index (χ2v) is 7.16. The summed E-state index contributed by atoms with van der Waals surface area (Å²) < 4.78 is 27.6. The van der Waals surface area contributed by atoms with Crippen LogP contribution in [-0.2, 0) is 10.0 Å². The number of benzene rings is 1. The van der Waals surface area contributed by atoms with Crippen molar-refractivity contribution in [1.82, 2.24) is 4.31 Å². The van der Waals surface area contributed by atoms with Crippen LogP contribution >= 0.6 is 22.6 Å². The predicted octanol–water partition coefficient (Wildman–Crippen LogP) is 2.59. The Balaban J connectivity index is 2.63. The van der Waals surface area contributed by atoms with Crippen LogP contribution in [0.5, 0.6) is 0 Å². The number of aliphatic hydroxyl groups excluding tert-OH is 1. The molecule has 1 heterocycles. The molecule has 0 saturated heterocycles. The van der Waals surface area contributed by atoms with Crippen molar-refractivity contribution >= 4 is 36.2 Å². The highest BCUT2D eigenvalue weighted by molar-refractivity contribution is 14.1. The standard InChI is InChI=1S/C13H16INO3S/c1-2-15-11(7-5-9-16)13(14)10-6-3-4-8-12(10)19(15,17)18/h3-4,6,8,16H,2,5,7,9H2,1H3. The highest BCUT2D eigenvalue weighted by atomic mass is 127. The highest BCUT2D eigenvalue weighted by Crippen LogP contribution is 2.41. The third kappa shape index (κ3) is 2.53. The van der Waals surface area contributed by atoms with Crippen LogP contribution in [0.25, 0.3) is 3.58 Å². The molecule has 0 atom stereocenters. The molecule has 0 aliphatic carbocycles. The van der Waals surface area contributed by atoms with Crippen molar-refractivity contribution in [2.24, 2.45) is 0 Å². The average molecular weight is 393 g/mol. The van der Waals surface area contributed by atoms with E-state index in [0.29, 0.717) is 24.3 Å². The largest absolute Gasteiger partial charge is 0.396 e. The fraction of sp³-hybridized carbons (Fsp3) is 0.385. The molecular formula is C13H16INO3S. The maximum atomic E-state index is 12.6. The topological polar surface area (TPSA) is 57.6 Å². The predicted molar refractivity (Wildman–Crippen MR) is 83.3 cm³/mol. The molecule has 1 N–H and O–H groups in total. The zero-order chi connectivity index (χ0) is 14.0. The second kappa shape index (κ2) is 5.80. The van der Waals surface area contributed by atoms with Crippen LogP contribution in [0.3, 0.4) is 0 Å². The number of hydrogen-bond donors (Lipinski definition) is 1. The molecule has 0 amide bonds. The molecule has 0 aromatic heterocycles. The van der Waals surface area contributed by atoms with Gasteiger partial charge >= 0.3 is 0 Å². The van der Waals surface area contributed by atoms with Crippen LogP contribution in [0.2, 0.25) is 0 Å². The van der Waals surface area contributed by atoms with Gasteiger partial charge in [-0.25, -0.2) is 8.42 Å². The maximum absolute atomic E-state index is 12.6. The van der Waals surface area contributed by atoms with Crippen LogP contribution in [0.1, 0.15) is 25.3 Å². The molecule has 104 valence electrons. The highest BCUT2D eigenvalue weighted by Gasteiger charge is 2.34. The second-order valence-electron chi connectivity index (χ2n) is 4.25. The molecule has 19 heavy (non-hydrogen) atoms. The molecule has 0 unspecified atom stereocenters. The third-order valence-electron chi connectivity index (χ3n) is 3.10. The zero-order valence-corrected chi connectivity index (χ0v) is 13.6. The first kappa shape index (κ1) is 14.8. The molecule has 0 saturated carbocycles. The summed E-state index contributed by atoms with van der Waals surface area (Å²) in [5.41, 5.74) is 1.55. The lowest BCUT2D eigenvalue weighted by atomic mass is 10.1. The fourth-order valence-corrected chi connectivity index (χ4v) is 5.37. The van der Waals surface area contributed by atoms with Gasteiger partial charge in [0.15, 0.2) is 0 Å². The lowest BCUT2D eigenvalue weighted by molar-refractivity contribution is 0.285. The number of sulfonamides is 1. The van der Waals surface area contributed by atoms with Gasteiger partial charge in [0.1, 0.15) is 0 Å². The van der Waals surface area contributed by atoms with Gasteiger partial charge in [0.05, 0.1) is 4.90 Å². The summed E-state index contributed by atoms with van der Waals surface area (Å²) in [6.45, 7) is 2.30. The van der Waals surface area contributed by atoms with E-state index in [9.17, 15) is 8.42 Å². The summed E-state index contributed by atoms with van der Waals surface area (Å²) >= 11 is 2.20. The molecule has 0 radical (unpaired) electrons. The first-order valence-corrected chi connectivity index (χ1v) is 8.67. The molecular weight excluding hydrogens is 377 g/mol. The van der Waals surface area contributed by atoms with E-state index < -0.39 is 10.0 Å². The Labute approximate surface area is 127 Å². The Hall–Kier alpha value is -0.600. The lowest BCUT2D eigenvalue weighted by Gasteiger charge is -2.32. The molecule has 2 rings (SSSR count). The van der Waals surface area contributed by atoms with Gasteiger partial charge in [0, 0.05) is 28.0 Å². The van der Waals surface area contributed by atoms with E-state index in [4.69, 9.17) is 5.11 Å². The van der Waals surface area contributed by atoms with Crippen molar-refractivity contribution in [1.29, 1.82) is 0 Å². The monoisotopic (exact) mass is 393 g/mol. The van der Waals surface area contributed by atoms with E-state index in [0.717, 1.165) is 14.8 Å². The van der Waals surface area contributed by atoms with E-state index in [1.54, 1.807) is 12.1 Å². The smallest absolute Gasteiger partial charge is 0.264 e. The molecule has 1 aromatic carbocycles. The van der Waals surface area contributed by atoms with E-state index in [2.05, 4.69) is 22.6 Å². The lowest BCUT2D eigenvalue weighted by Crippen LogP contribution is -2.34. The number of nitrogens with zero attached hydrogens (tertiary/aromatic N) is 1. The summed E-state index contributed by atoms with van der Waals surface area (Å²) in [5, 5.41) is 8.97. The zero-order valence-electron chi connectivity index (χ0n) is 10.6. The minimum absolute atomic E-state index is 0.0622. The van der Waals surface area contributed by atoms with Gasteiger partial charge in [0.25, 0.3) is 10.0 Å². The molecule has 0 bridgehead atoms. The van der Waals surface area contributed by atoms with Crippen molar-refractivity contribution in [2.45, 2.75) is 24.7 Å². The van der Waals surface area contributed by atoms with Gasteiger partial charge < -0.3 is 5.11 Å². The quantitative estimate of drug-likeness (QED) is 0.801. The minimum Gasteiger partial charge on any atom is -0.396 e. The summed E-state index contributed by atoms with van der Waals surface area (Å²) in [6, 6.07) is 7.07. The summed E-state index contributed by atoms with van der Waals surface area (Å²) in [4.78, 5) is 0.369. The first-order chi connectivity index (χ1) is 9.04. The number of rotatable bonds is 4. The number of aliphatic hydroxyl groups is 1. The number of hydrogen-bond acceptors (Lipinski definition) is 3. The third-order valence-corrected chi connectivity index (χ3v) is 6.28. The van der Waals surface area contributed by atoms with Crippen molar-refractivity contribution < 1.29 is 13.5 Å². The number of allylic oxidation sites excluding steroid dienone is 1. The number of fused-ring (bicyclic) bond motifs is 1. The Bertz CT molecular complexity index is 610. The minimum atomic E-state index is -3.46. The number of halogens is 1. The Morgan fingerprint density at radius 2 is 2.00 bits per heavy atom. The molecule has 0 fully saturated rings. The molecule has 4 nitrogen and oxygen atoms in total. The van der Waals surface area contributed by atoms with Crippen LogP contribution in [0, 0.1) is 0 Å². The van der Waals surface area contributed by atoms with Gasteiger partial charge in [-0.1, -0.05) is 18.2 Å². The summed E-state index contributed by atoms with van der Waals surface area (Å²) in [5.74, 6) is 0. The van der Waals surface area contributed by atoms with Crippen molar-refractivity contribution in [3.8, 4) is 0 Å². The fourth-order valence-electron chi connectivity index (χ4n) is 2.24. The molecule has 1 aliphatic rings. The molecule has 0 spiro atoms. The van der Waals surface area contributed by atoms with Gasteiger partial charge in [-0.05, 0) is 48.4 Å². The maximum Gasteiger partial charge on any atom is 0.264 e. The Kier molecular flexibility index (Phi) is 4.52. The van der Waals surface area contributed by atoms with E-state index >= 15 is 0 Å².